The highest BCUT2D eigenvalue weighted by Gasteiger charge is 2.18. The van der Waals surface area contributed by atoms with Crippen molar-refractivity contribution in [1.82, 2.24) is 24.3 Å². The van der Waals surface area contributed by atoms with Gasteiger partial charge in [-0.25, -0.2) is 15.0 Å². The van der Waals surface area contributed by atoms with Crippen LogP contribution in [-0.4, -0.2) is 31.4 Å². The number of halogens is 1. The van der Waals surface area contributed by atoms with Gasteiger partial charge in [0.05, 0.1) is 24.0 Å². The molecule has 0 fully saturated rings. The quantitative estimate of drug-likeness (QED) is 0.485. The Hall–Kier alpha value is -3.71. The van der Waals surface area contributed by atoms with E-state index in [-0.39, 0.29) is 0 Å². The Morgan fingerprint density at radius 2 is 1.93 bits per heavy atom. The highest BCUT2D eigenvalue weighted by molar-refractivity contribution is 6.32. The summed E-state index contributed by atoms with van der Waals surface area (Å²) in [7, 11) is 1.52. The van der Waals surface area contributed by atoms with Crippen LogP contribution in [0.1, 0.15) is 0 Å². The van der Waals surface area contributed by atoms with Crippen LogP contribution in [0.3, 0.4) is 0 Å². The van der Waals surface area contributed by atoms with Crippen molar-refractivity contribution in [2.75, 3.05) is 12.8 Å². The standard InChI is InChI=1S/C21H15ClN6O/c1-29-21-15(22)10-14(11-26-21)17-18(28-8-7-25-20(28)19(23)27-17)13-4-5-16-12(9-13)3-2-6-24-16/h2-11H,1H3,(H2,23,27). The maximum atomic E-state index is 6.32. The summed E-state index contributed by atoms with van der Waals surface area (Å²) in [5.41, 5.74) is 10.8. The van der Waals surface area contributed by atoms with Gasteiger partial charge in [-0.3, -0.25) is 9.38 Å². The number of pyridine rings is 2. The van der Waals surface area contributed by atoms with Crippen LogP contribution in [0.25, 0.3) is 39.1 Å². The predicted molar refractivity (Wildman–Crippen MR) is 113 cm³/mol. The van der Waals surface area contributed by atoms with Gasteiger partial charge in [-0.2, -0.15) is 0 Å². The molecule has 5 aromatic rings. The summed E-state index contributed by atoms with van der Waals surface area (Å²) >= 11 is 6.32. The van der Waals surface area contributed by atoms with Gasteiger partial charge in [0.25, 0.3) is 0 Å². The molecule has 5 rings (SSSR count). The Labute approximate surface area is 170 Å². The van der Waals surface area contributed by atoms with E-state index in [1.807, 2.05) is 34.9 Å². The monoisotopic (exact) mass is 402 g/mol. The van der Waals surface area contributed by atoms with Crippen LogP contribution in [0.15, 0.2) is 61.2 Å². The third-order valence-electron chi connectivity index (χ3n) is 4.72. The van der Waals surface area contributed by atoms with Gasteiger partial charge in [0.2, 0.25) is 5.88 Å². The zero-order valence-electron chi connectivity index (χ0n) is 15.4. The number of hydrogen-bond acceptors (Lipinski definition) is 6. The average Bonchev–Trinajstić information content (AvgIpc) is 3.23. The first-order chi connectivity index (χ1) is 14.2. The lowest BCUT2D eigenvalue weighted by molar-refractivity contribution is 0.398. The zero-order chi connectivity index (χ0) is 20.0. The van der Waals surface area contributed by atoms with E-state index in [0.717, 1.165) is 27.7 Å². The van der Waals surface area contributed by atoms with E-state index in [1.54, 1.807) is 24.7 Å². The van der Waals surface area contributed by atoms with Crippen LogP contribution in [0.5, 0.6) is 5.88 Å². The number of nitrogen functional groups attached to an aromatic ring is 1. The number of nitrogens with zero attached hydrogens (tertiary/aromatic N) is 5. The van der Waals surface area contributed by atoms with Gasteiger partial charge in [0.1, 0.15) is 5.02 Å². The first-order valence-corrected chi connectivity index (χ1v) is 9.21. The van der Waals surface area contributed by atoms with Gasteiger partial charge >= 0.3 is 0 Å². The minimum absolute atomic E-state index is 0.322. The van der Waals surface area contributed by atoms with E-state index in [4.69, 9.17) is 22.1 Å². The molecule has 0 saturated heterocycles. The lowest BCUT2D eigenvalue weighted by Gasteiger charge is -2.14. The third kappa shape index (κ3) is 2.83. The van der Waals surface area contributed by atoms with Crippen LogP contribution < -0.4 is 10.5 Å². The molecular weight excluding hydrogens is 388 g/mol. The molecule has 8 heteroatoms. The van der Waals surface area contributed by atoms with E-state index >= 15 is 0 Å². The Morgan fingerprint density at radius 1 is 1.03 bits per heavy atom. The van der Waals surface area contributed by atoms with Crippen molar-refractivity contribution in [2.24, 2.45) is 0 Å². The van der Waals surface area contributed by atoms with Crippen molar-refractivity contribution in [1.29, 1.82) is 0 Å². The molecule has 4 aromatic heterocycles. The third-order valence-corrected chi connectivity index (χ3v) is 4.99. The topological polar surface area (TPSA) is 91.2 Å². The molecule has 7 nitrogen and oxygen atoms in total. The van der Waals surface area contributed by atoms with Crippen LogP contribution in [-0.2, 0) is 0 Å². The van der Waals surface area contributed by atoms with Gasteiger partial charge in [0.15, 0.2) is 11.5 Å². The molecule has 0 amide bonds. The van der Waals surface area contributed by atoms with Crippen LogP contribution >= 0.6 is 11.6 Å². The number of rotatable bonds is 3. The molecule has 29 heavy (non-hydrogen) atoms. The number of imidazole rings is 1. The van der Waals surface area contributed by atoms with Crippen molar-refractivity contribution in [3.63, 3.8) is 0 Å². The predicted octanol–water partition coefficient (Wildman–Crippen LogP) is 4.25. The van der Waals surface area contributed by atoms with Gasteiger partial charge in [-0.05, 0) is 24.3 Å². The minimum Gasteiger partial charge on any atom is -0.480 e. The number of fused-ring (bicyclic) bond motifs is 2. The SMILES string of the molecule is COc1ncc(-c2nc(N)c3nccn3c2-c2ccc3ncccc3c2)cc1Cl. The maximum absolute atomic E-state index is 6.32. The zero-order valence-corrected chi connectivity index (χ0v) is 16.1. The van der Waals surface area contributed by atoms with E-state index in [9.17, 15) is 0 Å². The summed E-state index contributed by atoms with van der Waals surface area (Å²) < 4.78 is 7.09. The van der Waals surface area contributed by atoms with Crippen molar-refractivity contribution in [3.05, 3.63) is 66.2 Å². The summed E-state index contributed by atoms with van der Waals surface area (Å²) in [6.45, 7) is 0. The first kappa shape index (κ1) is 17.4. The molecule has 0 unspecified atom stereocenters. The molecule has 0 spiro atoms. The largest absolute Gasteiger partial charge is 0.480 e. The molecule has 0 aliphatic rings. The molecule has 0 radical (unpaired) electrons. The number of anilines is 1. The molecular formula is C21H15ClN6O. The highest BCUT2D eigenvalue weighted by Crippen LogP contribution is 2.36. The number of nitrogens with two attached hydrogens (primary N) is 1. The average molecular weight is 403 g/mol. The second kappa shape index (κ2) is 6.72. The number of aromatic nitrogens is 5. The Balaban J connectivity index is 1.83. The fourth-order valence-corrected chi connectivity index (χ4v) is 3.66. The molecule has 4 heterocycles. The first-order valence-electron chi connectivity index (χ1n) is 8.83. The second-order valence-corrected chi connectivity index (χ2v) is 6.85. The van der Waals surface area contributed by atoms with Gasteiger partial charge in [-0.1, -0.05) is 23.7 Å². The van der Waals surface area contributed by atoms with Crippen molar-refractivity contribution < 1.29 is 4.74 Å². The molecule has 0 saturated carbocycles. The van der Waals surface area contributed by atoms with Gasteiger partial charge in [-0.15, -0.1) is 0 Å². The summed E-state index contributed by atoms with van der Waals surface area (Å²) in [6, 6.07) is 11.7. The Kier molecular flexibility index (Phi) is 4.03. The number of hydrogen-bond donors (Lipinski definition) is 1. The highest BCUT2D eigenvalue weighted by atomic mass is 35.5. The van der Waals surface area contributed by atoms with E-state index in [0.29, 0.717) is 28.1 Å². The summed E-state index contributed by atoms with van der Waals surface area (Å²) in [6.07, 6.45) is 7.00. The lowest BCUT2D eigenvalue weighted by atomic mass is 10.0. The molecule has 1 aromatic carbocycles. The van der Waals surface area contributed by atoms with Gasteiger partial charge < -0.3 is 10.5 Å². The van der Waals surface area contributed by atoms with Gasteiger partial charge in [0, 0.05) is 41.3 Å². The van der Waals surface area contributed by atoms with E-state index < -0.39 is 0 Å². The van der Waals surface area contributed by atoms with E-state index in [1.165, 1.54) is 7.11 Å². The second-order valence-electron chi connectivity index (χ2n) is 6.44. The van der Waals surface area contributed by atoms with E-state index in [2.05, 4.69) is 26.0 Å². The Bertz CT molecular complexity index is 1380. The summed E-state index contributed by atoms with van der Waals surface area (Å²) in [4.78, 5) is 17.7. The van der Waals surface area contributed by atoms with Crippen molar-refractivity contribution >= 4 is 34.0 Å². The smallest absolute Gasteiger partial charge is 0.232 e. The molecule has 0 bridgehead atoms. The Morgan fingerprint density at radius 3 is 2.76 bits per heavy atom. The van der Waals surface area contributed by atoms with Crippen LogP contribution in [0.4, 0.5) is 5.82 Å². The fraction of sp³-hybridized carbons (Fsp3) is 0.0476. The van der Waals surface area contributed by atoms with Crippen molar-refractivity contribution in [3.8, 4) is 28.4 Å². The minimum atomic E-state index is 0.322. The maximum Gasteiger partial charge on any atom is 0.232 e. The fourth-order valence-electron chi connectivity index (χ4n) is 3.42. The number of ether oxygens (including phenoxy) is 1. The summed E-state index contributed by atoms with van der Waals surface area (Å²) in [5.74, 6) is 0.675. The lowest BCUT2D eigenvalue weighted by Crippen LogP contribution is -2.04. The molecule has 2 N–H and O–H groups in total. The number of methoxy groups -OCH3 is 1. The normalized spacial score (nSPS) is 11.2. The number of benzene rings is 1. The summed E-state index contributed by atoms with van der Waals surface area (Å²) in [5, 5.41) is 1.41. The van der Waals surface area contributed by atoms with Crippen LogP contribution in [0.2, 0.25) is 5.02 Å². The van der Waals surface area contributed by atoms with Crippen molar-refractivity contribution in [2.45, 2.75) is 0 Å². The molecule has 0 atom stereocenters. The van der Waals surface area contributed by atoms with Crippen LogP contribution in [0, 0.1) is 0 Å². The molecule has 0 aliphatic carbocycles. The molecule has 0 aliphatic heterocycles. The molecule has 142 valence electrons.